The van der Waals surface area contributed by atoms with Crippen LogP contribution in [0.3, 0.4) is 0 Å². The van der Waals surface area contributed by atoms with E-state index in [1.807, 2.05) is 0 Å². The molecule has 318 valence electrons. The molecule has 10 atom stereocenters. The number of benzene rings is 1. The number of azide groups is 1. The van der Waals surface area contributed by atoms with Gasteiger partial charge < -0.3 is 25.2 Å². The van der Waals surface area contributed by atoms with Crippen LogP contribution in [0.4, 0.5) is 5.69 Å². The first kappa shape index (κ1) is 43.2. The van der Waals surface area contributed by atoms with E-state index >= 15 is 0 Å². The Kier molecular flexibility index (Phi) is 14.3. The zero-order valence-corrected chi connectivity index (χ0v) is 34.1. The Hall–Kier alpha value is -4.34. The van der Waals surface area contributed by atoms with Gasteiger partial charge in [0.05, 0.1) is 43.7 Å². The minimum atomic E-state index is -1.10. The van der Waals surface area contributed by atoms with E-state index in [0.29, 0.717) is 87.0 Å². The first-order chi connectivity index (χ1) is 27.9. The third-order valence-corrected chi connectivity index (χ3v) is 14.9. The highest BCUT2D eigenvalue weighted by atomic mass is 16.6. The molecule has 0 bridgehead atoms. The summed E-state index contributed by atoms with van der Waals surface area (Å²) in [7, 11) is 0. The Morgan fingerprint density at radius 2 is 1.78 bits per heavy atom. The van der Waals surface area contributed by atoms with Crippen molar-refractivity contribution in [3.05, 3.63) is 38.3 Å². The monoisotopic (exact) mass is 808 g/mol. The summed E-state index contributed by atoms with van der Waals surface area (Å²) in [5.74, 6) is 1.33. The fourth-order valence-corrected chi connectivity index (χ4v) is 12.0. The topological polar surface area (TPSA) is 245 Å². The summed E-state index contributed by atoms with van der Waals surface area (Å²) in [6.07, 6.45) is 11.0. The van der Waals surface area contributed by atoms with Crippen LogP contribution in [0.5, 0.6) is 0 Å². The van der Waals surface area contributed by atoms with Gasteiger partial charge in [0, 0.05) is 36.5 Å². The lowest BCUT2D eigenvalue weighted by atomic mass is 9.44. The number of carboxylic acids is 1. The van der Waals surface area contributed by atoms with Crippen molar-refractivity contribution in [1.82, 2.24) is 20.9 Å². The average molecular weight is 809 g/mol. The molecule has 58 heavy (non-hydrogen) atoms. The smallest absolute Gasteiger partial charge is 0.304 e. The Labute approximate surface area is 338 Å². The van der Waals surface area contributed by atoms with Crippen LogP contribution in [-0.2, 0) is 30.3 Å². The number of ether oxygens (including phenoxy) is 2. The number of hydrogen-bond donors (Lipinski definition) is 3. The van der Waals surface area contributed by atoms with Gasteiger partial charge in [-0.05, 0) is 144 Å². The Morgan fingerprint density at radius 3 is 2.53 bits per heavy atom. The van der Waals surface area contributed by atoms with Gasteiger partial charge in [-0.1, -0.05) is 25.9 Å². The number of nitrogens with one attached hydrogen (secondary N) is 2. The van der Waals surface area contributed by atoms with Gasteiger partial charge in [0.25, 0.3) is 0 Å². The highest BCUT2D eigenvalue weighted by Gasteiger charge is 2.60. The Morgan fingerprint density at radius 1 is 1.03 bits per heavy atom. The number of nitro benzene ring substituents is 1. The summed E-state index contributed by atoms with van der Waals surface area (Å²) < 4.78 is 15.6. The molecule has 4 aliphatic carbocycles. The number of carbonyl (C=O) groups is 3. The number of non-ortho nitro benzene ring substituents is 1. The summed E-state index contributed by atoms with van der Waals surface area (Å²) in [4.78, 5) is 51.9. The zero-order chi connectivity index (χ0) is 41.5. The third kappa shape index (κ3) is 9.58. The van der Waals surface area contributed by atoms with Crippen LogP contribution >= 0.6 is 0 Å². The maximum Gasteiger partial charge on any atom is 0.304 e. The van der Waals surface area contributed by atoms with E-state index in [2.05, 4.69) is 51.7 Å². The van der Waals surface area contributed by atoms with Crippen molar-refractivity contribution in [3.8, 4) is 0 Å². The molecule has 0 aliphatic heterocycles. The number of fused-ring (bicyclic) bond motifs is 6. The van der Waals surface area contributed by atoms with Crippen molar-refractivity contribution < 1.29 is 38.5 Å². The number of aromatic nitrogens is 2. The second kappa shape index (κ2) is 19.2. The van der Waals surface area contributed by atoms with Crippen molar-refractivity contribution in [2.75, 3.05) is 39.5 Å². The second-order valence-electron chi connectivity index (χ2n) is 17.9. The predicted octanol–water partition coefficient (Wildman–Crippen LogP) is 6.78. The number of rotatable bonds is 20. The van der Waals surface area contributed by atoms with E-state index in [1.54, 1.807) is 0 Å². The molecule has 1 aromatic heterocycles. The molecular weight excluding hydrogens is 748 g/mol. The predicted molar refractivity (Wildman–Crippen MR) is 212 cm³/mol. The van der Waals surface area contributed by atoms with Crippen molar-refractivity contribution in [3.63, 3.8) is 0 Å². The number of nitro groups is 1. The summed E-state index contributed by atoms with van der Waals surface area (Å²) >= 11 is 0. The summed E-state index contributed by atoms with van der Waals surface area (Å²) in [5, 5.41) is 38.3. The quantitative estimate of drug-likeness (QED) is 0.0314. The Bertz CT molecular complexity index is 1830. The molecule has 17 heteroatoms. The molecule has 1 unspecified atom stereocenters. The molecule has 4 saturated carbocycles. The van der Waals surface area contributed by atoms with Crippen LogP contribution in [-0.4, -0.2) is 83.7 Å². The maximum atomic E-state index is 13.7. The van der Waals surface area contributed by atoms with Crippen LogP contribution in [0.15, 0.2) is 21.9 Å². The largest absolute Gasteiger partial charge is 0.481 e. The van der Waals surface area contributed by atoms with E-state index in [-0.39, 0.29) is 58.2 Å². The van der Waals surface area contributed by atoms with Gasteiger partial charge in [-0.2, -0.15) is 0 Å². The first-order valence-corrected chi connectivity index (χ1v) is 21.2. The van der Waals surface area contributed by atoms with Crippen LogP contribution in [0.2, 0.25) is 0 Å². The molecule has 4 aliphatic rings. The zero-order valence-electron chi connectivity index (χ0n) is 34.1. The molecule has 4 fully saturated rings. The number of nitrogens with zero attached hydrogens (tertiary/aromatic N) is 6. The average Bonchev–Trinajstić information content (AvgIpc) is 3.83. The van der Waals surface area contributed by atoms with E-state index < -0.39 is 16.8 Å². The highest BCUT2D eigenvalue weighted by Crippen LogP contribution is 2.68. The van der Waals surface area contributed by atoms with Gasteiger partial charge in [-0.3, -0.25) is 24.5 Å². The standard InChI is InChI=1S/C41H60N8O9/c1-25(4-11-35(50)43-16-18-56-20-21-57-19-17-44-48-42)31-8-9-32-30-7-6-28-24-29(12-14-40(28,2)33(30)13-15-41(31,32)3)45-39(53)27(23-36(51)52)22-26-5-10-34(49(54)55)38-37(26)46-58-47-38/h5,10,25,27-33H,4,6-9,11-24H2,1-3H3,(H,43,50)(H,45,53)(H,51,52)/t25-,27+,28-,29-,30+,31?,32+,33+,40+,41-/m1/s1. The normalized spacial score (nSPS) is 29.9. The van der Waals surface area contributed by atoms with Gasteiger partial charge in [0.2, 0.25) is 17.3 Å². The third-order valence-electron chi connectivity index (χ3n) is 14.9. The van der Waals surface area contributed by atoms with Gasteiger partial charge in [0.15, 0.2) is 0 Å². The molecule has 0 radical (unpaired) electrons. The number of amides is 2. The molecular formula is C41H60N8O9. The Balaban J connectivity index is 0.977. The SMILES string of the molecule is C[C@H](CCC(=O)NCCOCCOCCN=[N+]=[N-])C1CC[C@H]2[C@@H]3CC[C@@H]4C[C@H](NC(=O)[C@H](CC(=O)O)Cc5ccc([N+](=O)[O-])c6nonc56)CC[C@]4(C)[C@H]3CC[C@]12C. The second-order valence-corrected chi connectivity index (χ2v) is 17.9. The van der Waals surface area contributed by atoms with Crippen LogP contribution < -0.4 is 10.6 Å². The lowest BCUT2D eigenvalue weighted by molar-refractivity contribution is -0.383. The van der Waals surface area contributed by atoms with Crippen molar-refractivity contribution in [2.45, 2.75) is 110 Å². The number of hydrogen-bond acceptors (Lipinski definition) is 11. The molecule has 2 aromatic rings. The molecule has 1 heterocycles. The number of aliphatic carboxylic acids is 1. The van der Waals surface area contributed by atoms with Crippen molar-refractivity contribution in [1.29, 1.82) is 0 Å². The fourth-order valence-electron chi connectivity index (χ4n) is 12.0. The van der Waals surface area contributed by atoms with E-state index in [1.165, 1.54) is 44.2 Å². The first-order valence-electron chi connectivity index (χ1n) is 21.2. The lowest BCUT2D eigenvalue weighted by Gasteiger charge is -2.61. The van der Waals surface area contributed by atoms with E-state index in [4.69, 9.17) is 19.6 Å². The fraction of sp³-hybridized carbons (Fsp3) is 0.780. The highest BCUT2D eigenvalue weighted by molar-refractivity contribution is 5.88. The van der Waals surface area contributed by atoms with Gasteiger partial charge in [0.1, 0.15) is 5.52 Å². The molecule has 0 spiro atoms. The van der Waals surface area contributed by atoms with E-state index in [0.717, 1.165) is 32.1 Å². The van der Waals surface area contributed by atoms with Crippen LogP contribution in [0.1, 0.15) is 103 Å². The molecule has 1 aromatic carbocycles. The van der Waals surface area contributed by atoms with Gasteiger partial charge in [-0.15, -0.1) is 0 Å². The molecule has 6 rings (SSSR count). The van der Waals surface area contributed by atoms with Crippen molar-refractivity contribution >= 4 is 34.5 Å². The molecule has 3 N–H and O–H groups in total. The molecule has 0 saturated heterocycles. The molecule has 17 nitrogen and oxygen atoms in total. The maximum absolute atomic E-state index is 13.7. The minimum Gasteiger partial charge on any atom is -0.481 e. The summed E-state index contributed by atoms with van der Waals surface area (Å²) in [6, 6.07) is 2.75. The van der Waals surface area contributed by atoms with Crippen molar-refractivity contribution in [2.24, 2.45) is 57.4 Å². The minimum absolute atomic E-state index is 0.0236. The number of carbonyl (C=O) groups excluding carboxylic acids is 2. The van der Waals surface area contributed by atoms with E-state index in [9.17, 15) is 29.6 Å². The van der Waals surface area contributed by atoms with Gasteiger partial charge in [-0.25, -0.2) is 4.63 Å². The number of carboxylic acid groups (broad SMARTS) is 1. The summed E-state index contributed by atoms with van der Waals surface area (Å²) in [6.45, 7) is 9.76. The molecule has 2 amide bonds. The summed E-state index contributed by atoms with van der Waals surface area (Å²) in [5.41, 5.74) is 9.11. The van der Waals surface area contributed by atoms with Gasteiger partial charge >= 0.3 is 11.7 Å². The van der Waals surface area contributed by atoms with Crippen LogP contribution in [0, 0.1) is 62.4 Å². The lowest BCUT2D eigenvalue weighted by Crippen LogP contribution is -2.56. The van der Waals surface area contributed by atoms with Crippen LogP contribution in [0.25, 0.3) is 21.5 Å².